The monoisotopic (exact) mass is 829 g/mol. The first-order valence-corrected chi connectivity index (χ1v) is 24.1. The molecule has 0 aliphatic carbocycles. The largest absolute Gasteiger partial charge is 0.461 e. The highest BCUT2D eigenvalue weighted by Crippen LogP contribution is 2.15. The number of rotatable bonds is 42. The van der Waals surface area contributed by atoms with Gasteiger partial charge < -0.3 is 14.6 Å². The summed E-state index contributed by atoms with van der Waals surface area (Å²) in [4.78, 5) is 24.3. The molecule has 0 bridgehead atoms. The SMILES string of the molecule is CC/C=C\C/C=C\C/C=C\C/C=C\C/C=C\CCCCCCCCCCCCCCCCCC(=O)OC(CO)COC(=O)C/C=C\C/C=C\C/C=C\C/C=C\C/C=C\CC. The molecule has 0 spiro atoms. The van der Waals surface area contributed by atoms with Crippen molar-refractivity contribution in [2.24, 2.45) is 0 Å². The molecular formula is C55H88O5. The Morgan fingerprint density at radius 1 is 0.400 bits per heavy atom. The van der Waals surface area contributed by atoms with E-state index in [1.54, 1.807) is 6.08 Å². The zero-order chi connectivity index (χ0) is 43.5. The van der Waals surface area contributed by atoms with Crippen LogP contribution in [0.5, 0.6) is 0 Å². The van der Waals surface area contributed by atoms with Crippen LogP contribution in [0.1, 0.15) is 194 Å². The molecule has 5 heteroatoms. The van der Waals surface area contributed by atoms with E-state index in [4.69, 9.17) is 9.47 Å². The summed E-state index contributed by atoms with van der Waals surface area (Å²) in [6, 6.07) is 0. The summed E-state index contributed by atoms with van der Waals surface area (Å²) in [5.74, 6) is -0.745. The van der Waals surface area contributed by atoms with Crippen LogP contribution in [-0.2, 0) is 19.1 Å². The molecule has 1 atom stereocenters. The molecule has 0 saturated heterocycles. The second-order valence-corrected chi connectivity index (χ2v) is 15.4. The fourth-order valence-corrected chi connectivity index (χ4v) is 6.24. The van der Waals surface area contributed by atoms with E-state index in [1.807, 2.05) is 6.08 Å². The molecule has 0 aromatic carbocycles. The lowest BCUT2D eigenvalue weighted by Gasteiger charge is -2.15. The third-order valence-corrected chi connectivity index (χ3v) is 9.78. The molecule has 5 nitrogen and oxygen atoms in total. The van der Waals surface area contributed by atoms with E-state index in [0.717, 1.165) is 83.5 Å². The van der Waals surface area contributed by atoms with E-state index in [0.29, 0.717) is 6.42 Å². The van der Waals surface area contributed by atoms with E-state index in [1.165, 1.54) is 83.5 Å². The second kappa shape index (κ2) is 49.7. The standard InChI is InChI=1S/C55H88O5/c1-3-5-7-9-11-13-15-17-19-20-21-22-23-24-25-26-27-28-29-30-31-32-33-34-36-38-40-42-44-46-48-50-55(58)60-53(51-56)52-59-54(57)49-47-45-43-41-39-37-35-18-16-14-12-10-8-6-4-2/h5-8,11-14,17-19,21-22,24-25,35,39,41,45,47,53,56H,3-4,9-10,15-16,20,23,26-34,36-38,40,42-44,46,48-52H2,1-2H3/b7-5-,8-6-,13-11-,14-12-,19-17-,22-21-,25-24-,35-18-,41-39-,47-45-. The van der Waals surface area contributed by atoms with Crippen LogP contribution in [-0.4, -0.2) is 36.4 Å². The number of carbonyl (C=O) groups is 2. The molecule has 0 aliphatic heterocycles. The summed E-state index contributed by atoms with van der Waals surface area (Å²) in [5, 5.41) is 9.59. The zero-order valence-corrected chi connectivity index (χ0v) is 38.4. The van der Waals surface area contributed by atoms with Crippen molar-refractivity contribution in [1.29, 1.82) is 0 Å². The summed E-state index contributed by atoms with van der Waals surface area (Å²) in [5.41, 5.74) is 0. The summed E-state index contributed by atoms with van der Waals surface area (Å²) < 4.78 is 10.5. The minimum absolute atomic E-state index is 0.126. The van der Waals surface area contributed by atoms with Crippen molar-refractivity contribution < 1.29 is 24.2 Å². The Morgan fingerprint density at radius 2 is 0.717 bits per heavy atom. The molecule has 0 fully saturated rings. The van der Waals surface area contributed by atoms with Crippen molar-refractivity contribution in [3.05, 3.63) is 122 Å². The Balaban J connectivity index is 3.58. The Labute approximate surface area is 369 Å². The van der Waals surface area contributed by atoms with Crippen molar-refractivity contribution in [3.63, 3.8) is 0 Å². The van der Waals surface area contributed by atoms with Crippen molar-refractivity contribution in [3.8, 4) is 0 Å². The number of aliphatic hydroxyl groups excluding tert-OH is 1. The molecule has 0 aliphatic rings. The highest BCUT2D eigenvalue weighted by atomic mass is 16.6. The first kappa shape index (κ1) is 56.3. The van der Waals surface area contributed by atoms with Gasteiger partial charge in [-0.25, -0.2) is 0 Å². The van der Waals surface area contributed by atoms with E-state index in [9.17, 15) is 14.7 Å². The van der Waals surface area contributed by atoms with Crippen LogP contribution < -0.4 is 0 Å². The van der Waals surface area contributed by atoms with Crippen LogP contribution in [0, 0.1) is 0 Å². The first-order chi connectivity index (χ1) is 29.6. The predicted molar refractivity (Wildman–Crippen MR) is 260 cm³/mol. The fraction of sp³-hybridized carbons (Fsp3) is 0.600. The molecule has 1 N–H and O–H groups in total. The number of aliphatic hydroxyl groups is 1. The number of carbonyl (C=O) groups excluding carboxylic acids is 2. The summed E-state index contributed by atoms with van der Waals surface area (Å²) in [6.07, 6.45) is 73.2. The molecule has 0 saturated carbocycles. The molecule has 0 radical (unpaired) electrons. The fourth-order valence-electron chi connectivity index (χ4n) is 6.24. The highest BCUT2D eigenvalue weighted by Gasteiger charge is 2.15. The zero-order valence-electron chi connectivity index (χ0n) is 38.4. The number of esters is 2. The van der Waals surface area contributed by atoms with Crippen LogP contribution in [0.3, 0.4) is 0 Å². The molecular weight excluding hydrogens is 741 g/mol. The van der Waals surface area contributed by atoms with Gasteiger partial charge in [-0.2, -0.15) is 0 Å². The van der Waals surface area contributed by atoms with Gasteiger partial charge in [-0.15, -0.1) is 0 Å². The van der Waals surface area contributed by atoms with Gasteiger partial charge in [-0.05, 0) is 83.5 Å². The van der Waals surface area contributed by atoms with Gasteiger partial charge in [0.05, 0.1) is 13.0 Å². The van der Waals surface area contributed by atoms with Crippen LogP contribution in [0.25, 0.3) is 0 Å². The number of allylic oxidation sites excluding steroid dienone is 19. The van der Waals surface area contributed by atoms with E-state index in [2.05, 4.69) is 123 Å². The number of hydrogen-bond acceptors (Lipinski definition) is 5. The van der Waals surface area contributed by atoms with Gasteiger partial charge in [0.2, 0.25) is 0 Å². The topological polar surface area (TPSA) is 72.8 Å². The van der Waals surface area contributed by atoms with Crippen molar-refractivity contribution >= 4 is 11.9 Å². The summed E-state index contributed by atoms with van der Waals surface area (Å²) in [6.45, 7) is 3.81. The van der Waals surface area contributed by atoms with Crippen molar-refractivity contribution in [2.45, 2.75) is 200 Å². The van der Waals surface area contributed by atoms with Crippen molar-refractivity contribution in [1.82, 2.24) is 0 Å². The average Bonchev–Trinajstić information content (AvgIpc) is 3.25. The Bertz CT molecular complexity index is 1260. The molecule has 0 aromatic rings. The van der Waals surface area contributed by atoms with E-state index >= 15 is 0 Å². The molecule has 60 heavy (non-hydrogen) atoms. The maximum atomic E-state index is 12.2. The molecule has 0 heterocycles. The second-order valence-electron chi connectivity index (χ2n) is 15.4. The van der Waals surface area contributed by atoms with Crippen LogP contribution in [0.2, 0.25) is 0 Å². The normalized spacial score (nSPS) is 13.3. The Morgan fingerprint density at radius 3 is 1.08 bits per heavy atom. The Kier molecular flexibility index (Phi) is 46.6. The van der Waals surface area contributed by atoms with Crippen molar-refractivity contribution in [2.75, 3.05) is 13.2 Å². The minimum Gasteiger partial charge on any atom is -0.461 e. The van der Waals surface area contributed by atoms with Gasteiger partial charge in [0.25, 0.3) is 0 Å². The Hall–Kier alpha value is -3.70. The molecule has 338 valence electrons. The number of unbranched alkanes of at least 4 members (excludes halogenated alkanes) is 15. The van der Waals surface area contributed by atoms with Gasteiger partial charge in [-0.3, -0.25) is 9.59 Å². The van der Waals surface area contributed by atoms with Gasteiger partial charge in [0.15, 0.2) is 6.10 Å². The van der Waals surface area contributed by atoms with E-state index in [-0.39, 0.29) is 25.6 Å². The predicted octanol–water partition coefficient (Wildman–Crippen LogP) is 16.0. The molecule has 0 rings (SSSR count). The van der Waals surface area contributed by atoms with Crippen LogP contribution in [0.15, 0.2) is 122 Å². The summed E-state index contributed by atoms with van der Waals surface area (Å²) in [7, 11) is 0. The lowest BCUT2D eigenvalue weighted by molar-refractivity contribution is -0.161. The molecule has 0 aromatic heterocycles. The smallest absolute Gasteiger partial charge is 0.309 e. The van der Waals surface area contributed by atoms with Gasteiger partial charge in [-0.1, -0.05) is 219 Å². The van der Waals surface area contributed by atoms with Gasteiger partial charge in [0.1, 0.15) is 6.61 Å². The third-order valence-electron chi connectivity index (χ3n) is 9.78. The molecule has 0 amide bonds. The summed E-state index contributed by atoms with van der Waals surface area (Å²) >= 11 is 0. The maximum Gasteiger partial charge on any atom is 0.309 e. The third kappa shape index (κ3) is 47.0. The lowest BCUT2D eigenvalue weighted by Crippen LogP contribution is -2.28. The quantitative estimate of drug-likeness (QED) is 0.0377. The van der Waals surface area contributed by atoms with Crippen LogP contribution in [0.4, 0.5) is 0 Å². The van der Waals surface area contributed by atoms with Crippen LogP contribution >= 0.6 is 0 Å². The number of ether oxygens (including phenoxy) is 2. The van der Waals surface area contributed by atoms with Gasteiger partial charge >= 0.3 is 11.9 Å². The molecule has 1 unspecified atom stereocenters. The number of hydrogen-bond donors (Lipinski definition) is 1. The average molecular weight is 829 g/mol. The minimum atomic E-state index is -0.819. The first-order valence-electron chi connectivity index (χ1n) is 24.1. The maximum absolute atomic E-state index is 12.2. The van der Waals surface area contributed by atoms with E-state index < -0.39 is 12.1 Å². The lowest BCUT2D eigenvalue weighted by atomic mass is 10.0. The van der Waals surface area contributed by atoms with Gasteiger partial charge in [0, 0.05) is 6.42 Å². The highest BCUT2D eigenvalue weighted by molar-refractivity contribution is 5.71.